The van der Waals surface area contributed by atoms with Gasteiger partial charge in [0.1, 0.15) is 5.54 Å². The Balaban J connectivity index is 1.59. The Labute approximate surface area is 178 Å². The zero-order valence-electron chi connectivity index (χ0n) is 17.8. The van der Waals surface area contributed by atoms with Crippen LogP contribution in [0.15, 0.2) is 30.3 Å². The first-order valence-corrected chi connectivity index (χ1v) is 11.1. The number of amides is 3. The van der Waals surface area contributed by atoms with Gasteiger partial charge in [0.2, 0.25) is 5.91 Å². The van der Waals surface area contributed by atoms with Crippen molar-refractivity contribution in [3.05, 3.63) is 35.9 Å². The van der Waals surface area contributed by atoms with Crippen molar-refractivity contribution in [3.8, 4) is 0 Å². The molecule has 3 rings (SSSR count). The van der Waals surface area contributed by atoms with Gasteiger partial charge in [0.25, 0.3) is 0 Å². The normalized spacial score (nSPS) is 19.0. The molecule has 7 nitrogen and oxygen atoms in total. The Morgan fingerprint density at radius 3 is 2.37 bits per heavy atom. The van der Waals surface area contributed by atoms with Crippen LogP contribution in [0.25, 0.3) is 0 Å². The van der Waals surface area contributed by atoms with Gasteiger partial charge in [0, 0.05) is 19.6 Å². The van der Waals surface area contributed by atoms with Gasteiger partial charge in [-0.05, 0) is 38.2 Å². The molecule has 1 saturated heterocycles. The number of piperidine rings is 1. The van der Waals surface area contributed by atoms with Crippen molar-refractivity contribution < 1.29 is 19.1 Å². The number of urea groups is 1. The number of hydrogen-bond donors (Lipinski definition) is 2. The fourth-order valence-corrected chi connectivity index (χ4v) is 4.47. The predicted molar refractivity (Wildman–Crippen MR) is 114 cm³/mol. The lowest BCUT2D eigenvalue weighted by atomic mass is 9.80. The molecule has 2 aliphatic rings. The van der Waals surface area contributed by atoms with Crippen molar-refractivity contribution in [2.45, 2.75) is 64.0 Å². The molecule has 2 fully saturated rings. The largest absolute Gasteiger partial charge is 0.466 e. The maximum Gasteiger partial charge on any atom is 0.315 e. The summed E-state index contributed by atoms with van der Waals surface area (Å²) in [5.74, 6) is -0.326. The maximum atomic E-state index is 13.5. The van der Waals surface area contributed by atoms with Gasteiger partial charge in [-0.15, -0.1) is 0 Å². The minimum Gasteiger partial charge on any atom is -0.466 e. The topological polar surface area (TPSA) is 87.7 Å². The Morgan fingerprint density at radius 2 is 1.73 bits per heavy atom. The van der Waals surface area contributed by atoms with E-state index in [0.717, 1.165) is 24.8 Å². The van der Waals surface area contributed by atoms with Gasteiger partial charge < -0.3 is 20.3 Å². The summed E-state index contributed by atoms with van der Waals surface area (Å²) in [6, 6.07) is 9.40. The molecule has 1 aliphatic heterocycles. The van der Waals surface area contributed by atoms with Crippen molar-refractivity contribution in [3.63, 3.8) is 0 Å². The summed E-state index contributed by atoms with van der Waals surface area (Å²) in [5.41, 5.74) is 0.160. The standard InChI is InChI=1S/C23H33N3O4/c1-2-30-20(27)19-11-15-26(16-12-19)21(28)23(13-7-4-8-14-23)25-22(29)24-17-18-9-5-3-6-10-18/h3,5-6,9-10,19H,2,4,7-8,11-17H2,1H3,(H2,24,25,29). The lowest BCUT2D eigenvalue weighted by Gasteiger charge is -2.42. The van der Waals surface area contributed by atoms with Crippen LogP contribution in [-0.4, -0.2) is 48.0 Å². The van der Waals surface area contributed by atoms with E-state index in [2.05, 4.69) is 10.6 Å². The quantitative estimate of drug-likeness (QED) is 0.699. The highest BCUT2D eigenvalue weighted by Crippen LogP contribution is 2.32. The molecule has 3 amide bonds. The van der Waals surface area contributed by atoms with Gasteiger partial charge >= 0.3 is 12.0 Å². The lowest BCUT2D eigenvalue weighted by Crippen LogP contribution is -2.63. The third kappa shape index (κ3) is 5.52. The maximum absolute atomic E-state index is 13.5. The second-order valence-electron chi connectivity index (χ2n) is 8.25. The summed E-state index contributed by atoms with van der Waals surface area (Å²) in [7, 11) is 0. The molecule has 2 N–H and O–H groups in total. The number of benzene rings is 1. The van der Waals surface area contributed by atoms with Crippen LogP contribution in [0.4, 0.5) is 4.79 Å². The van der Waals surface area contributed by atoms with Crippen LogP contribution in [0.2, 0.25) is 0 Å². The molecule has 0 radical (unpaired) electrons. The van der Waals surface area contributed by atoms with Crippen molar-refractivity contribution in [1.82, 2.24) is 15.5 Å². The Morgan fingerprint density at radius 1 is 1.07 bits per heavy atom. The second kappa shape index (κ2) is 10.5. The van der Waals surface area contributed by atoms with E-state index >= 15 is 0 Å². The van der Waals surface area contributed by atoms with Crippen molar-refractivity contribution in [1.29, 1.82) is 0 Å². The first-order valence-electron chi connectivity index (χ1n) is 11.1. The number of likely N-dealkylation sites (tertiary alicyclic amines) is 1. The van der Waals surface area contributed by atoms with E-state index in [9.17, 15) is 14.4 Å². The molecule has 30 heavy (non-hydrogen) atoms. The summed E-state index contributed by atoms with van der Waals surface area (Å²) >= 11 is 0. The zero-order chi connectivity index (χ0) is 21.4. The predicted octanol–water partition coefficient (Wildman–Crippen LogP) is 2.99. The highest BCUT2D eigenvalue weighted by atomic mass is 16.5. The van der Waals surface area contributed by atoms with Crippen molar-refractivity contribution in [2.24, 2.45) is 5.92 Å². The van der Waals surface area contributed by atoms with E-state index in [1.54, 1.807) is 6.92 Å². The molecule has 1 heterocycles. The molecule has 1 aromatic rings. The van der Waals surface area contributed by atoms with Crippen LogP contribution < -0.4 is 10.6 Å². The molecule has 0 bridgehead atoms. The summed E-state index contributed by atoms with van der Waals surface area (Å²) in [6.45, 7) is 3.65. The minimum absolute atomic E-state index is 0.0145. The van der Waals surface area contributed by atoms with Crippen molar-refractivity contribution >= 4 is 17.9 Å². The lowest BCUT2D eigenvalue weighted by molar-refractivity contribution is -0.152. The minimum atomic E-state index is -0.851. The number of carbonyl (C=O) groups is 3. The Hall–Kier alpha value is -2.57. The molecule has 0 unspecified atom stereocenters. The van der Waals surface area contributed by atoms with Crippen LogP contribution in [0, 0.1) is 5.92 Å². The van der Waals surface area contributed by atoms with Crippen molar-refractivity contribution in [2.75, 3.05) is 19.7 Å². The van der Waals surface area contributed by atoms with E-state index < -0.39 is 5.54 Å². The summed E-state index contributed by atoms with van der Waals surface area (Å²) in [4.78, 5) is 39.9. The van der Waals surface area contributed by atoms with Gasteiger partial charge in [-0.2, -0.15) is 0 Å². The third-order valence-electron chi connectivity index (χ3n) is 6.17. The number of nitrogens with zero attached hydrogens (tertiary/aromatic N) is 1. The number of esters is 1. The molecule has 1 saturated carbocycles. The summed E-state index contributed by atoms with van der Waals surface area (Å²) < 4.78 is 5.12. The molecule has 1 aromatic carbocycles. The molecule has 0 atom stereocenters. The van der Waals surface area contributed by atoms with Gasteiger partial charge in [-0.3, -0.25) is 9.59 Å². The Bertz CT molecular complexity index is 723. The van der Waals surface area contributed by atoms with Gasteiger partial charge in [0.15, 0.2) is 0 Å². The number of rotatable bonds is 6. The molecule has 1 aliphatic carbocycles. The number of nitrogens with one attached hydrogen (secondary N) is 2. The molecule has 164 valence electrons. The molecule has 0 spiro atoms. The number of ether oxygens (including phenoxy) is 1. The van der Waals surface area contributed by atoms with Crippen LogP contribution in [-0.2, 0) is 20.9 Å². The van der Waals surface area contributed by atoms with E-state index in [4.69, 9.17) is 4.74 Å². The third-order valence-corrected chi connectivity index (χ3v) is 6.17. The zero-order valence-corrected chi connectivity index (χ0v) is 17.8. The number of carbonyl (C=O) groups excluding carboxylic acids is 3. The highest BCUT2D eigenvalue weighted by molar-refractivity contribution is 5.91. The average Bonchev–Trinajstić information content (AvgIpc) is 2.79. The first-order chi connectivity index (χ1) is 14.5. The van der Waals surface area contributed by atoms with Crippen LogP contribution in [0.5, 0.6) is 0 Å². The van der Waals surface area contributed by atoms with Gasteiger partial charge in [0.05, 0.1) is 12.5 Å². The van der Waals surface area contributed by atoms with E-state index in [1.165, 1.54) is 0 Å². The fourth-order valence-electron chi connectivity index (χ4n) is 4.47. The average molecular weight is 416 g/mol. The van der Waals surface area contributed by atoms with Gasteiger partial charge in [-0.1, -0.05) is 49.6 Å². The molecular weight excluding hydrogens is 382 g/mol. The van der Waals surface area contributed by atoms with E-state index in [-0.39, 0.29) is 23.8 Å². The molecule has 7 heteroatoms. The van der Waals surface area contributed by atoms with E-state index in [1.807, 2.05) is 35.2 Å². The Kier molecular flexibility index (Phi) is 7.71. The summed E-state index contributed by atoms with van der Waals surface area (Å²) in [5, 5.41) is 5.90. The molecule has 0 aromatic heterocycles. The SMILES string of the molecule is CCOC(=O)C1CCN(C(=O)C2(NC(=O)NCc3ccccc3)CCCCC2)CC1. The first kappa shape index (κ1) is 22.1. The second-order valence-corrected chi connectivity index (χ2v) is 8.25. The fraction of sp³-hybridized carbons (Fsp3) is 0.609. The van der Waals surface area contributed by atoms with E-state index in [0.29, 0.717) is 51.9 Å². The molecular formula is C23H33N3O4. The smallest absolute Gasteiger partial charge is 0.315 e. The summed E-state index contributed by atoms with van der Waals surface area (Å²) in [6.07, 6.45) is 5.45. The van der Waals surface area contributed by atoms with Crippen LogP contribution >= 0.6 is 0 Å². The monoisotopic (exact) mass is 415 g/mol. The number of hydrogen-bond acceptors (Lipinski definition) is 4. The van der Waals surface area contributed by atoms with Crippen LogP contribution in [0.1, 0.15) is 57.4 Å². The highest BCUT2D eigenvalue weighted by Gasteiger charge is 2.44. The van der Waals surface area contributed by atoms with Gasteiger partial charge in [-0.25, -0.2) is 4.79 Å². The van der Waals surface area contributed by atoms with Crippen LogP contribution in [0.3, 0.4) is 0 Å².